The minimum Gasteiger partial charge on any atom is -0.0149 e. The van der Waals surface area contributed by atoms with Gasteiger partial charge in [0.15, 0.2) is 17.4 Å². The first-order valence-electron chi connectivity index (χ1n) is 0. The van der Waals surface area contributed by atoms with Crippen molar-refractivity contribution in [3.05, 3.63) is 0 Å². The standard InChI is InChI=1S/Al.GeH4.Pt.H4Si.3H/h;1H4;;1H4;;;. The van der Waals surface area contributed by atoms with Crippen LogP contribution in [0.3, 0.4) is 0 Å². The summed E-state index contributed by atoms with van der Waals surface area (Å²) in [5.74, 6) is 0. The van der Waals surface area contributed by atoms with Gasteiger partial charge in [0.2, 0.25) is 0 Å². The fourth-order valence-electron chi connectivity index (χ4n) is 0. The quantitative estimate of drug-likeness (QED) is 0.396. The van der Waals surface area contributed by atoms with Gasteiger partial charge in [0.05, 0.1) is 0 Å². The van der Waals surface area contributed by atoms with Gasteiger partial charge in [0.25, 0.3) is 0 Å². The third-order valence-corrected chi connectivity index (χ3v) is 0. The van der Waals surface area contributed by atoms with Gasteiger partial charge < -0.3 is 0 Å². The third-order valence-electron chi connectivity index (χ3n) is 0. The minimum atomic E-state index is 0. The maximum atomic E-state index is 0. The van der Waals surface area contributed by atoms with Crippen LogP contribution in [0.2, 0.25) is 0 Å². The van der Waals surface area contributed by atoms with Gasteiger partial charge in [-0.3, -0.25) is 0 Å². The van der Waals surface area contributed by atoms with Crippen LogP contribution >= 0.6 is 0 Å². The van der Waals surface area contributed by atoms with Gasteiger partial charge in [-0.2, -0.15) is 0 Å². The van der Waals surface area contributed by atoms with Gasteiger partial charge in [-0.15, -0.1) is 0 Å². The summed E-state index contributed by atoms with van der Waals surface area (Å²) in [6.45, 7) is 0. The van der Waals surface area contributed by atoms with Crippen molar-refractivity contribution in [2.75, 3.05) is 0 Å². The van der Waals surface area contributed by atoms with E-state index in [0.717, 1.165) is 0 Å². The fourth-order valence-corrected chi connectivity index (χ4v) is 0. The third kappa shape index (κ3) is 9.01. The Hall–Kier alpha value is 1.98. The Morgan fingerprint density at radius 3 is 1.00 bits per heavy atom. The van der Waals surface area contributed by atoms with E-state index in [1.807, 2.05) is 0 Å². The predicted molar refractivity (Wildman–Crippen MR) is 32.6 cm³/mol. The van der Waals surface area contributed by atoms with Gasteiger partial charge >= 0.3 is 17.6 Å². The molecule has 0 unspecified atom stereocenters. The van der Waals surface area contributed by atoms with Crippen molar-refractivity contribution < 1.29 is 21.1 Å². The van der Waals surface area contributed by atoms with Crippen molar-refractivity contribution in [1.82, 2.24) is 0 Å². The van der Waals surface area contributed by atoms with E-state index in [4.69, 9.17) is 0 Å². The maximum Gasteiger partial charge on any atom is 0 e. The fraction of sp³-hybridized carbons (Fsp3) is 0. The molecule has 0 bridgehead atoms. The van der Waals surface area contributed by atoms with Gasteiger partial charge in [-0.05, 0) is 11.0 Å². The molecule has 0 rings (SSSR count). The zero-order chi connectivity index (χ0) is 0. The van der Waals surface area contributed by atoms with E-state index in [1.54, 1.807) is 0 Å². The van der Waals surface area contributed by atoms with Crippen molar-refractivity contribution in [2.45, 2.75) is 0 Å². The summed E-state index contributed by atoms with van der Waals surface area (Å²) < 4.78 is 0. The first-order chi connectivity index (χ1) is 0. The van der Waals surface area contributed by atoms with Gasteiger partial charge in [0.1, 0.15) is 0 Å². The Morgan fingerprint density at radius 1 is 1.00 bits per heavy atom. The smallest absolute Gasteiger partial charge is 0 e. The second kappa shape index (κ2) is 20.1. The van der Waals surface area contributed by atoms with Crippen LogP contribution in [0.15, 0.2) is 0 Å². The van der Waals surface area contributed by atoms with Crippen LogP contribution in [0.4, 0.5) is 0 Å². The summed E-state index contributed by atoms with van der Waals surface area (Å²) in [4.78, 5) is 0. The molecule has 0 radical (unpaired) electrons. The molecule has 0 N–H and O–H groups in total. The molecule has 0 atom stereocenters. The molecule has 4 heavy (non-hydrogen) atoms. The minimum absolute atomic E-state index is 0. The summed E-state index contributed by atoms with van der Waals surface area (Å²) in [6.07, 6.45) is 0. The molecular weight excluding hydrogens is 323 g/mol. The summed E-state index contributed by atoms with van der Waals surface area (Å²) in [5.41, 5.74) is 0. The molecule has 0 aromatic heterocycles. The SMILES string of the molecule is [AlH3].[GeH4].[Pt].[SiH4]. The predicted octanol–water partition coefficient (Wildman–Crippen LogP) is -4.09. The summed E-state index contributed by atoms with van der Waals surface area (Å²) in [7, 11) is 0. The van der Waals surface area contributed by atoms with E-state index in [0.29, 0.717) is 0 Å². The van der Waals surface area contributed by atoms with E-state index in [1.165, 1.54) is 0 Å². The summed E-state index contributed by atoms with van der Waals surface area (Å²) >= 11 is 0. The molecular formula is H11AlGePtSi. The Kier molecular flexibility index (Phi) is 190. The number of rotatable bonds is 0. The molecule has 0 saturated carbocycles. The Balaban J connectivity index is 0. The van der Waals surface area contributed by atoms with E-state index >= 15 is 0 Å². The van der Waals surface area contributed by atoms with Crippen molar-refractivity contribution in [2.24, 2.45) is 0 Å². The molecule has 0 fully saturated rings. The van der Waals surface area contributed by atoms with E-state index in [-0.39, 0.29) is 67.0 Å². The number of hydrogen-bond acceptors (Lipinski definition) is 0. The van der Waals surface area contributed by atoms with E-state index in [9.17, 15) is 0 Å². The van der Waals surface area contributed by atoms with Crippen LogP contribution in [-0.4, -0.2) is 45.9 Å². The molecule has 0 spiro atoms. The average Bonchev–Trinajstić information content (AvgIpc) is 0. The Bertz CT molecular complexity index is 8.00. The van der Waals surface area contributed by atoms with Crippen LogP contribution in [0.1, 0.15) is 0 Å². The van der Waals surface area contributed by atoms with Gasteiger partial charge in [-0.25, -0.2) is 0 Å². The van der Waals surface area contributed by atoms with Crippen molar-refractivity contribution >= 4 is 45.9 Å². The summed E-state index contributed by atoms with van der Waals surface area (Å²) in [6, 6.07) is 0. The van der Waals surface area contributed by atoms with Crippen LogP contribution in [0.5, 0.6) is 0 Å². The van der Waals surface area contributed by atoms with E-state index in [2.05, 4.69) is 0 Å². The van der Waals surface area contributed by atoms with Crippen LogP contribution < -0.4 is 0 Å². The normalized spacial score (nSPS) is 0. The Morgan fingerprint density at radius 2 is 1.00 bits per heavy atom. The van der Waals surface area contributed by atoms with Crippen molar-refractivity contribution in [1.29, 1.82) is 0 Å². The molecule has 0 aliphatic carbocycles. The molecule has 0 heterocycles. The van der Waals surface area contributed by atoms with Crippen molar-refractivity contribution in [3.8, 4) is 0 Å². The second-order valence-corrected chi connectivity index (χ2v) is 0. The van der Waals surface area contributed by atoms with Crippen LogP contribution in [0, 0.1) is 0 Å². The van der Waals surface area contributed by atoms with Crippen LogP contribution in [0.25, 0.3) is 0 Å². The number of hydrogen-bond donors (Lipinski definition) is 0. The molecule has 4 heteroatoms. The van der Waals surface area contributed by atoms with Gasteiger partial charge in [0, 0.05) is 21.1 Å². The van der Waals surface area contributed by atoms with E-state index < -0.39 is 0 Å². The maximum absolute atomic E-state index is 0. The molecule has 0 aliphatic rings. The molecule has 0 aliphatic heterocycles. The molecule has 0 amide bonds. The topological polar surface area (TPSA) is 0 Å². The van der Waals surface area contributed by atoms with Crippen LogP contribution in [-0.2, 0) is 21.1 Å². The summed E-state index contributed by atoms with van der Waals surface area (Å²) in [5, 5.41) is 0. The molecule has 0 aromatic carbocycles. The van der Waals surface area contributed by atoms with Crippen molar-refractivity contribution in [3.63, 3.8) is 0 Å². The molecule has 0 nitrogen and oxygen atoms in total. The van der Waals surface area contributed by atoms with Gasteiger partial charge in [-0.1, -0.05) is 0 Å². The zero-order valence-corrected chi connectivity index (χ0v) is 2.59. The Labute approximate surface area is 66.5 Å². The first-order valence-corrected chi connectivity index (χ1v) is 0. The average molecular weight is 334 g/mol. The molecule has 32 valence electrons. The largest absolute Gasteiger partial charge is 0.0149 e. The second-order valence-electron chi connectivity index (χ2n) is 0. The molecule has 0 saturated heterocycles. The zero-order valence-electron chi connectivity index (χ0n) is 0.316. The molecule has 0 aromatic rings. The first kappa shape index (κ1) is 37.8. The monoisotopic (exact) mass is 335 g/mol.